The van der Waals surface area contributed by atoms with Gasteiger partial charge in [0, 0.05) is 13.0 Å². The molecule has 1 amide bonds. The van der Waals surface area contributed by atoms with E-state index in [2.05, 4.69) is 0 Å². The first-order valence-electron chi connectivity index (χ1n) is 7.97. The number of fused-ring (bicyclic) bond motifs is 1. The monoisotopic (exact) mass is 319 g/mol. The Bertz CT molecular complexity index is 604. The first-order valence-corrected chi connectivity index (χ1v) is 7.97. The van der Waals surface area contributed by atoms with Gasteiger partial charge < -0.3 is 9.84 Å². The number of aliphatic carboxylic acids is 1. The highest BCUT2D eigenvalue weighted by Crippen LogP contribution is 2.33. The molecular formula is C18H25NO4. The second kappa shape index (κ2) is 6.60. The maximum absolute atomic E-state index is 12.6. The molecule has 0 saturated carbocycles. The summed E-state index contributed by atoms with van der Waals surface area (Å²) in [6.07, 6.45) is 1.10. The Morgan fingerprint density at radius 2 is 2.04 bits per heavy atom. The zero-order valence-electron chi connectivity index (χ0n) is 14.3. The summed E-state index contributed by atoms with van der Waals surface area (Å²) in [5, 5.41) is 8.90. The molecule has 1 atom stereocenters. The van der Waals surface area contributed by atoms with Crippen LogP contribution in [0.5, 0.6) is 0 Å². The number of hydrogen-bond acceptors (Lipinski definition) is 3. The number of rotatable bonds is 3. The Hall–Kier alpha value is -2.04. The first kappa shape index (κ1) is 17.3. The number of carboxylic acid groups (broad SMARTS) is 1. The van der Waals surface area contributed by atoms with Crippen LogP contribution >= 0.6 is 0 Å². The van der Waals surface area contributed by atoms with Crippen LogP contribution in [0.1, 0.15) is 44.7 Å². The number of ether oxygens (including phenoxy) is 1. The van der Waals surface area contributed by atoms with Gasteiger partial charge in [0.25, 0.3) is 0 Å². The molecule has 0 aromatic heterocycles. The molecule has 1 aliphatic rings. The lowest BCUT2D eigenvalue weighted by Gasteiger charge is -2.35. The van der Waals surface area contributed by atoms with Gasteiger partial charge in [0.15, 0.2) is 0 Å². The smallest absolute Gasteiger partial charge is 0.414 e. The first-order chi connectivity index (χ1) is 10.7. The number of carbonyl (C=O) groups is 2. The number of anilines is 1. The average Bonchev–Trinajstić information content (AvgIpc) is 2.42. The SMILES string of the molecule is Cc1ccc2c(c1)N(C(=O)OC(C)(C)C)C[C@@H](CCC(=O)O)C2. The van der Waals surface area contributed by atoms with Crippen molar-refractivity contribution in [1.82, 2.24) is 0 Å². The van der Waals surface area contributed by atoms with E-state index in [0.717, 1.165) is 23.2 Å². The lowest BCUT2D eigenvalue weighted by atomic mass is 9.89. The molecule has 0 unspecified atom stereocenters. The predicted molar refractivity (Wildman–Crippen MR) is 88.8 cm³/mol. The van der Waals surface area contributed by atoms with Gasteiger partial charge in [0.05, 0.1) is 5.69 Å². The maximum atomic E-state index is 12.6. The number of benzene rings is 1. The van der Waals surface area contributed by atoms with E-state index in [-0.39, 0.29) is 18.4 Å². The molecule has 1 aromatic rings. The number of hydrogen-bond donors (Lipinski definition) is 1. The summed E-state index contributed by atoms with van der Waals surface area (Å²) < 4.78 is 5.52. The van der Waals surface area contributed by atoms with Crippen LogP contribution in [0.3, 0.4) is 0 Å². The van der Waals surface area contributed by atoms with Crippen LogP contribution in [0, 0.1) is 12.8 Å². The molecule has 1 heterocycles. The Labute approximate surface area is 137 Å². The van der Waals surface area contributed by atoms with E-state index in [1.54, 1.807) is 4.90 Å². The summed E-state index contributed by atoms with van der Waals surface area (Å²) in [4.78, 5) is 25.0. The molecule has 1 aliphatic heterocycles. The fourth-order valence-corrected chi connectivity index (χ4v) is 2.84. The van der Waals surface area contributed by atoms with E-state index in [0.29, 0.717) is 13.0 Å². The minimum atomic E-state index is -0.802. The lowest BCUT2D eigenvalue weighted by molar-refractivity contribution is -0.137. The topological polar surface area (TPSA) is 66.8 Å². The van der Waals surface area contributed by atoms with Crippen molar-refractivity contribution < 1.29 is 19.4 Å². The van der Waals surface area contributed by atoms with Gasteiger partial charge in [-0.25, -0.2) is 4.79 Å². The molecule has 0 saturated heterocycles. The van der Waals surface area contributed by atoms with Gasteiger partial charge >= 0.3 is 12.1 Å². The van der Waals surface area contributed by atoms with Crippen molar-refractivity contribution in [2.45, 2.75) is 52.6 Å². The molecule has 126 valence electrons. The summed E-state index contributed by atoms with van der Waals surface area (Å²) in [6.45, 7) is 8.01. The third kappa shape index (κ3) is 4.71. The maximum Gasteiger partial charge on any atom is 0.414 e. The molecule has 1 N–H and O–H groups in total. The Balaban J connectivity index is 2.25. The summed E-state index contributed by atoms with van der Waals surface area (Å²) in [6, 6.07) is 6.04. The highest BCUT2D eigenvalue weighted by molar-refractivity contribution is 5.89. The van der Waals surface area contributed by atoms with Gasteiger partial charge in [0.2, 0.25) is 0 Å². The Kier molecular flexibility index (Phi) is 4.97. The standard InChI is InChI=1S/C18H25NO4/c1-12-5-7-14-10-13(6-8-16(20)21)11-19(15(14)9-12)17(22)23-18(2,3)4/h5,7,9,13H,6,8,10-11H2,1-4H3,(H,20,21)/t13-/m0/s1. The summed E-state index contributed by atoms with van der Waals surface area (Å²) >= 11 is 0. The van der Waals surface area contributed by atoms with E-state index in [4.69, 9.17) is 9.84 Å². The molecule has 23 heavy (non-hydrogen) atoms. The molecule has 0 spiro atoms. The highest BCUT2D eigenvalue weighted by Gasteiger charge is 2.31. The van der Waals surface area contributed by atoms with Gasteiger partial charge in [-0.05, 0) is 63.6 Å². The van der Waals surface area contributed by atoms with Crippen LogP contribution in [0.4, 0.5) is 10.5 Å². The highest BCUT2D eigenvalue weighted by atomic mass is 16.6. The molecule has 0 fully saturated rings. The van der Waals surface area contributed by atoms with Crippen molar-refractivity contribution in [3.05, 3.63) is 29.3 Å². The zero-order chi connectivity index (χ0) is 17.2. The van der Waals surface area contributed by atoms with Crippen molar-refractivity contribution in [3.63, 3.8) is 0 Å². The van der Waals surface area contributed by atoms with Crippen LogP contribution in [-0.4, -0.2) is 29.3 Å². The molecular weight excluding hydrogens is 294 g/mol. The summed E-state index contributed by atoms with van der Waals surface area (Å²) in [5.41, 5.74) is 2.48. The number of amides is 1. The van der Waals surface area contributed by atoms with Crippen LogP contribution < -0.4 is 4.90 Å². The minimum absolute atomic E-state index is 0.119. The normalized spacial score (nSPS) is 17.6. The average molecular weight is 319 g/mol. The molecule has 2 rings (SSSR count). The Morgan fingerprint density at radius 3 is 2.65 bits per heavy atom. The molecule has 5 nitrogen and oxygen atoms in total. The predicted octanol–water partition coefficient (Wildman–Crippen LogP) is 3.77. The van der Waals surface area contributed by atoms with Gasteiger partial charge in [-0.2, -0.15) is 0 Å². The second-order valence-corrected chi connectivity index (χ2v) is 7.23. The van der Waals surface area contributed by atoms with Crippen molar-refractivity contribution in [1.29, 1.82) is 0 Å². The number of aryl methyl sites for hydroxylation is 1. The number of carbonyl (C=O) groups excluding carboxylic acids is 1. The van der Waals surface area contributed by atoms with Gasteiger partial charge in [-0.3, -0.25) is 9.69 Å². The van der Waals surface area contributed by atoms with E-state index in [1.807, 2.05) is 45.9 Å². The van der Waals surface area contributed by atoms with Gasteiger partial charge in [-0.15, -0.1) is 0 Å². The van der Waals surface area contributed by atoms with E-state index >= 15 is 0 Å². The molecule has 5 heteroatoms. The van der Waals surface area contributed by atoms with Crippen LogP contribution in [-0.2, 0) is 16.0 Å². The van der Waals surface area contributed by atoms with Gasteiger partial charge in [-0.1, -0.05) is 12.1 Å². The largest absolute Gasteiger partial charge is 0.481 e. The molecule has 0 aliphatic carbocycles. The fourth-order valence-electron chi connectivity index (χ4n) is 2.84. The van der Waals surface area contributed by atoms with Crippen molar-refractivity contribution >= 4 is 17.7 Å². The molecule has 0 radical (unpaired) electrons. The van der Waals surface area contributed by atoms with E-state index in [9.17, 15) is 9.59 Å². The fraction of sp³-hybridized carbons (Fsp3) is 0.556. The third-order valence-electron chi connectivity index (χ3n) is 3.86. The van der Waals surface area contributed by atoms with Crippen molar-refractivity contribution in [3.8, 4) is 0 Å². The lowest BCUT2D eigenvalue weighted by Crippen LogP contribution is -2.43. The summed E-state index contributed by atoms with van der Waals surface area (Å²) in [7, 11) is 0. The second-order valence-electron chi connectivity index (χ2n) is 7.23. The molecule has 0 bridgehead atoms. The zero-order valence-corrected chi connectivity index (χ0v) is 14.3. The van der Waals surface area contributed by atoms with Crippen LogP contribution in [0.25, 0.3) is 0 Å². The summed E-state index contributed by atoms with van der Waals surface area (Å²) in [5.74, 6) is -0.669. The quantitative estimate of drug-likeness (QED) is 0.921. The number of carboxylic acids is 1. The van der Waals surface area contributed by atoms with E-state index < -0.39 is 11.6 Å². The molecule has 1 aromatic carbocycles. The number of nitrogens with zero attached hydrogens (tertiary/aromatic N) is 1. The van der Waals surface area contributed by atoms with Crippen molar-refractivity contribution in [2.24, 2.45) is 5.92 Å². The van der Waals surface area contributed by atoms with Crippen LogP contribution in [0.15, 0.2) is 18.2 Å². The third-order valence-corrected chi connectivity index (χ3v) is 3.86. The van der Waals surface area contributed by atoms with Gasteiger partial charge in [0.1, 0.15) is 5.60 Å². The minimum Gasteiger partial charge on any atom is -0.481 e. The van der Waals surface area contributed by atoms with Crippen molar-refractivity contribution in [2.75, 3.05) is 11.4 Å². The van der Waals surface area contributed by atoms with Crippen LogP contribution in [0.2, 0.25) is 0 Å². The Morgan fingerprint density at radius 1 is 1.35 bits per heavy atom. The van der Waals surface area contributed by atoms with E-state index in [1.165, 1.54) is 0 Å².